The van der Waals surface area contributed by atoms with Crippen molar-refractivity contribution in [3.8, 4) is 11.5 Å². The van der Waals surface area contributed by atoms with Crippen molar-refractivity contribution in [1.29, 1.82) is 0 Å². The normalized spacial score (nSPS) is 25.8. The molecule has 1 fully saturated rings. The number of fused-ring (bicyclic) bond motifs is 1. The molecule has 0 atom stereocenters. The molecule has 2 heterocycles. The van der Waals surface area contributed by atoms with Gasteiger partial charge in [-0.2, -0.15) is 0 Å². The van der Waals surface area contributed by atoms with E-state index in [9.17, 15) is 0 Å². The Kier molecular flexibility index (Phi) is 3.91. The average Bonchev–Trinajstić information content (AvgIpc) is 2.85. The molecule has 1 aromatic carbocycles. The van der Waals surface area contributed by atoms with Gasteiger partial charge in [0.15, 0.2) is 0 Å². The molecular formula is C12H12Cl4N3O4P. The van der Waals surface area contributed by atoms with Crippen LogP contribution in [0.15, 0.2) is 4.88 Å². The van der Waals surface area contributed by atoms with Gasteiger partial charge in [-0.25, -0.2) is 0 Å². The molecule has 12 heteroatoms. The first-order chi connectivity index (χ1) is 10.9. The Hall–Kier alpha value is -0.360. The summed E-state index contributed by atoms with van der Waals surface area (Å²) in [7, 11) is -4.78. The third-order valence-electron chi connectivity index (χ3n) is 4.07. The summed E-state index contributed by atoms with van der Waals surface area (Å²) in [6.45, 7) is 7.00. The zero-order valence-electron chi connectivity index (χ0n) is 12.9. The molecule has 0 radical (unpaired) electrons. The molecule has 7 nitrogen and oxygen atoms in total. The monoisotopic (exact) mass is 433 g/mol. The zero-order chi connectivity index (χ0) is 18.2. The summed E-state index contributed by atoms with van der Waals surface area (Å²) in [5, 5.41) is -0.151. The van der Waals surface area contributed by atoms with Crippen LogP contribution in [0.2, 0.25) is 20.1 Å². The number of hydrogen-bond acceptors (Lipinski definition) is 5. The molecule has 1 aromatic rings. The van der Waals surface area contributed by atoms with Crippen molar-refractivity contribution in [3.05, 3.63) is 30.5 Å². The van der Waals surface area contributed by atoms with Crippen LogP contribution >= 0.6 is 54.1 Å². The first-order valence-electron chi connectivity index (χ1n) is 6.65. The second-order valence-electron chi connectivity index (χ2n) is 6.25. The maximum absolute atomic E-state index is 9.07. The van der Waals surface area contributed by atoms with Gasteiger partial charge in [-0.1, -0.05) is 0 Å². The SMILES string of the molecule is CC1(C)OP2(N=[N+]=[N-])(Oc3c(Cl)c(Cl)c(Cl)c(Cl)c3O2)OC1(C)C. The molecule has 2 aliphatic heterocycles. The number of rotatable bonds is 1. The zero-order valence-corrected chi connectivity index (χ0v) is 16.9. The van der Waals surface area contributed by atoms with Crippen LogP contribution in [0.5, 0.6) is 11.5 Å². The van der Waals surface area contributed by atoms with Crippen LogP contribution in [0.25, 0.3) is 10.4 Å². The van der Waals surface area contributed by atoms with E-state index >= 15 is 0 Å². The van der Waals surface area contributed by atoms with Gasteiger partial charge in [0.05, 0.1) is 0 Å². The first-order valence-corrected chi connectivity index (χ1v) is 10.0. The molecule has 2 aliphatic rings. The molecule has 0 aromatic heterocycles. The topological polar surface area (TPSA) is 85.7 Å². The molecule has 132 valence electrons. The second kappa shape index (κ2) is 5.09. The van der Waals surface area contributed by atoms with E-state index in [1.54, 1.807) is 27.7 Å². The summed E-state index contributed by atoms with van der Waals surface area (Å²) in [6.07, 6.45) is 0. The molecular weight excluding hydrogens is 423 g/mol. The van der Waals surface area contributed by atoms with Crippen molar-refractivity contribution in [3.63, 3.8) is 0 Å². The van der Waals surface area contributed by atoms with Crippen molar-refractivity contribution in [2.45, 2.75) is 38.9 Å². The van der Waals surface area contributed by atoms with Crippen molar-refractivity contribution in [1.82, 2.24) is 0 Å². The summed E-state index contributed by atoms with van der Waals surface area (Å²) in [5.74, 6) is -0.0933. The number of nitrogens with zero attached hydrogens (tertiary/aromatic N) is 3. The van der Waals surface area contributed by atoms with Crippen LogP contribution < -0.4 is 9.05 Å². The summed E-state index contributed by atoms with van der Waals surface area (Å²) >= 11 is 24.4. The van der Waals surface area contributed by atoms with E-state index in [-0.39, 0.29) is 31.6 Å². The first kappa shape index (κ1) is 18.4. The number of azide groups is 1. The Morgan fingerprint density at radius 2 is 1.21 bits per heavy atom. The van der Waals surface area contributed by atoms with Crippen LogP contribution in [-0.4, -0.2) is 11.2 Å². The van der Waals surface area contributed by atoms with Gasteiger partial charge >= 0.3 is 158 Å². The van der Waals surface area contributed by atoms with E-state index in [0.29, 0.717) is 0 Å². The fourth-order valence-corrected chi connectivity index (χ4v) is 6.72. The Morgan fingerprint density at radius 3 is 1.54 bits per heavy atom. The van der Waals surface area contributed by atoms with Crippen molar-refractivity contribution >= 4 is 54.1 Å². The van der Waals surface area contributed by atoms with E-state index in [2.05, 4.69) is 9.80 Å². The van der Waals surface area contributed by atoms with Gasteiger partial charge in [0, 0.05) is 0 Å². The van der Waals surface area contributed by atoms with E-state index in [1.165, 1.54) is 0 Å². The van der Waals surface area contributed by atoms with Crippen LogP contribution in [0.4, 0.5) is 0 Å². The Labute approximate surface area is 157 Å². The molecule has 1 saturated heterocycles. The van der Waals surface area contributed by atoms with Crippen molar-refractivity contribution in [2.24, 2.45) is 4.88 Å². The van der Waals surface area contributed by atoms with Gasteiger partial charge in [-0.05, 0) is 0 Å². The molecule has 0 unspecified atom stereocenters. The maximum atomic E-state index is 9.07. The molecule has 1 spiro atoms. The van der Waals surface area contributed by atoms with Gasteiger partial charge in [0.1, 0.15) is 0 Å². The van der Waals surface area contributed by atoms with Gasteiger partial charge in [0.25, 0.3) is 0 Å². The molecule has 3 rings (SSSR count). The van der Waals surface area contributed by atoms with E-state index < -0.39 is 18.9 Å². The predicted molar refractivity (Wildman–Crippen MR) is 94.1 cm³/mol. The number of halogens is 4. The molecule has 0 aliphatic carbocycles. The van der Waals surface area contributed by atoms with Crippen LogP contribution in [0, 0.1) is 0 Å². The quantitative estimate of drug-likeness (QED) is 0.117. The third kappa shape index (κ3) is 2.28. The Balaban J connectivity index is 2.27. The predicted octanol–water partition coefficient (Wildman–Crippen LogP) is 7.11. The molecule has 0 saturated carbocycles. The van der Waals surface area contributed by atoms with E-state index in [4.69, 9.17) is 70.0 Å². The molecule has 24 heavy (non-hydrogen) atoms. The van der Waals surface area contributed by atoms with Gasteiger partial charge in [0.2, 0.25) is 0 Å². The second-order valence-corrected chi connectivity index (χ2v) is 10.2. The van der Waals surface area contributed by atoms with Gasteiger partial charge in [-0.15, -0.1) is 0 Å². The molecule has 0 bridgehead atoms. The third-order valence-corrected chi connectivity index (χ3v) is 8.71. The summed E-state index contributed by atoms with van der Waals surface area (Å²) in [4.78, 5) is 6.45. The average molecular weight is 435 g/mol. The Morgan fingerprint density at radius 1 is 0.833 bits per heavy atom. The standard InChI is InChI=1S/C12H12Cl4N3O4P/c1-11(2)12(3,4)23-24(22-11,19-18-17)20-9-7(15)5(13)6(14)8(16)10(9)21-24/h1-4H3. The molecule has 0 N–H and O–H groups in total. The summed E-state index contributed by atoms with van der Waals surface area (Å²) < 4.78 is 23.5. The van der Waals surface area contributed by atoms with Gasteiger partial charge in [-0.3, -0.25) is 0 Å². The van der Waals surface area contributed by atoms with Gasteiger partial charge < -0.3 is 0 Å². The van der Waals surface area contributed by atoms with E-state index in [0.717, 1.165) is 0 Å². The van der Waals surface area contributed by atoms with Crippen LogP contribution in [0.3, 0.4) is 0 Å². The number of hydrogen-bond donors (Lipinski definition) is 0. The van der Waals surface area contributed by atoms with Crippen LogP contribution in [0.1, 0.15) is 27.7 Å². The molecule has 0 amide bonds. The Bertz CT molecular complexity index is 768. The minimum atomic E-state index is -4.78. The fraction of sp³-hybridized carbons (Fsp3) is 0.500. The van der Waals surface area contributed by atoms with Crippen molar-refractivity contribution < 1.29 is 18.1 Å². The summed E-state index contributed by atoms with van der Waals surface area (Å²) in [5.41, 5.74) is 7.25. The minimum absolute atomic E-state index is 0.0251. The fourth-order valence-electron chi connectivity index (χ4n) is 2.29. The van der Waals surface area contributed by atoms with E-state index in [1.807, 2.05) is 0 Å². The van der Waals surface area contributed by atoms with Crippen molar-refractivity contribution in [2.75, 3.05) is 0 Å². The van der Waals surface area contributed by atoms with Crippen LogP contribution in [-0.2, 0) is 9.05 Å². The number of benzene rings is 1. The summed E-state index contributed by atoms with van der Waals surface area (Å²) in [6, 6.07) is 0.